The number of H-pyrrole nitrogens is 1. The predicted octanol–water partition coefficient (Wildman–Crippen LogP) is 5.12. The fourth-order valence-electron chi connectivity index (χ4n) is 4.30. The van der Waals surface area contributed by atoms with E-state index in [2.05, 4.69) is 15.4 Å². The van der Waals surface area contributed by atoms with Crippen molar-refractivity contribution in [1.82, 2.24) is 14.8 Å². The van der Waals surface area contributed by atoms with Gasteiger partial charge in [0.05, 0.1) is 17.4 Å². The molecule has 2 heterocycles. The highest BCUT2D eigenvalue weighted by Gasteiger charge is 2.38. The van der Waals surface area contributed by atoms with E-state index in [4.69, 9.17) is 0 Å². The molecule has 158 valence electrons. The number of aromatic amines is 1. The molecule has 8 heteroatoms. The first-order valence-corrected chi connectivity index (χ1v) is 9.96. The minimum absolute atomic E-state index is 0.0581. The number of fused-ring (bicyclic) bond motifs is 1. The van der Waals surface area contributed by atoms with Crippen LogP contribution in [-0.2, 0) is 11.8 Å². The van der Waals surface area contributed by atoms with Gasteiger partial charge in [-0.3, -0.25) is 9.48 Å². The molecule has 2 aromatic heterocycles. The van der Waals surface area contributed by atoms with Gasteiger partial charge in [-0.15, -0.1) is 0 Å². The summed E-state index contributed by atoms with van der Waals surface area (Å²) in [5.74, 6) is -1.51. The van der Waals surface area contributed by atoms with Gasteiger partial charge in [-0.1, -0.05) is 0 Å². The SMILES string of the molecule is Cn1nccc1NC(=O)C1CC(c2c(-c3ccc(F)cc3)[nH]c3c(F)cc(F)cc23)C1. The van der Waals surface area contributed by atoms with Gasteiger partial charge in [0, 0.05) is 30.5 Å². The summed E-state index contributed by atoms with van der Waals surface area (Å²) >= 11 is 0. The fourth-order valence-corrected chi connectivity index (χ4v) is 4.30. The maximum Gasteiger partial charge on any atom is 0.228 e. The van der Waals surface area contributed by atoms with Crippen LogP contribution in [-0.4, -0.2) is 20.7 Å². The molecule has 0 spiro atoms. The van der Waals surface area contributed by atoms with Crippen molar-refractivity contribution < 1.29 is 18.0 Å². The average molecular weight is 424 g/mol. The van der Waals surface area contributed by atoms with Crippen molar-refractivity contribution in [3.05, 3.63) is 71.7 Å². The molecule has 0 bridgehead atoms. The van der Waals surface area contributed by atoms with Crippen LogP contribution in [0.25, 0.3) is 22.2 Å². The second kappa shape index (κ2) is 7.30. The van der Waals surface area contributed by atoms with E-state index in [0.717, 1.165) is 11.6 Å². The van der Waals surface area contributed by atoms with Gasteiger partial charge < -0.3 is 10.3 Å². The van der Waals surface area contributed by atoms with E-state index in [0.29, 0.717) is 35.3 Å². The Kier molecular flexibility index (Phi) is 4.57. The van der Waals surface area contributed by atoms with E-state index in [-0.39, 0.29) is 29.1 Å². The zero-order valence-electron chi connectivity index (χ0n) is 16.6. The van der Waals surface area contributed by atoms with E-state index >= 15 is 0 Å². The van der Waals surface area contributed by atoms with Crippen LogP contribution in [0.1, 0.15) is 24.3 Å². The van der Waals surface area contributed by atoms with Gasteiger partial charge in [0.15, 0.2) is 0 Å². The van der Waals surface area contributed by atoms with Gasteiger partial charge in [-0.2, -0.15) is 5.10 Å². The number of carbonyl (C=O) groups excluding carboxylic acids is 1. The fraction of sp³-hybridized carbons (Fsp3) is 0.217. The molecule has 1 aliphatic carbocycles. The zero-order valence-corrected chi connectivity index (χ0v) is 16.6. The number of rotatable bonds is 4. The lowest BCUT2D eigenvalue weighted by atomic mass is 9.70. The number of carbonyl (C=O) groups is 1. The molecule has 2 aromatic carbocycles. The minimum atomic E-state index is -0.686. The average Bonchev–Trinajstić information content (AvgIpc) is 3.26. The predicted molar refractivity (Wildman–Crippen MR) is 111 cm³/mol. The molecule has 0 unspecified atom stereocenters. The largest absolute Gasteiger partial charge is 0.352 e. The van der Waals surface area contributed by atoms with Crippen molar-refractivity contribution in [1.29, 1.82) is 0 Å². The number of anilines is 1. The zero-order chi connectivity index (χ0) is 21.7. The number of hydrogen-bond acceptors (Lipinski definition) is 2. The standard InChI is InChI=1S/C23H19F3N4O/c1-30-19(6-7-27-30)28-23(31)14-8-13(9-14)20-17-10-16(25)11-18(26)22(17)29-21(20)12-2-4-15(24)5-3-12/h2-7,10-11,13-14,29H,8-9H2,1H3,(H,28,31). The van der Waals surface area contributed by atoms with Crippen molar-refractivity contribution in [2.24, 2.45) is 13.0 Å². The van der Waals surface area contributed by atoms with Crippen molar-refractivity contribution in [2.75, 3.05) is 5.32 Å². The van der Waals surface area contributed by atoms with E-state index in [1.54, 1.807) is 36.1 Å². The molecule has 1 saturated carbocycles. The number of benzene rings is 2. The second-order valence-electron chi connectivity index (χ2n) is 7.93. The summed E-state index contributed by atoms with van der Waals surface area (Å²) in [6.07, 6.45) is 2.69. The molecule has 4 aromatic rings. The maximum absolute atomic E-state index is 14.5. The van der Waals surface area contributed by atoms with Crippen LogP contribution in [0.4, 0.5) is 19.0 Å². The van der Waals surface area contributed by atoms with E-state index < -0.39 is 11.6 Å². The van der Waals surface area contributed by atoms with Crippen LogP contribution in [0.15, 0.2) is 48.7 Å². The lowest BCUT2D eigenvalue weighted by Crippen LogP contribution is -2.34. The van der Waals surface area contributed by atoms with E-state index in [1.165, 1.54) is 18.2 Å². The minimum Gasteiger partial charge on any atom is -0.352 e. The Labute approximate surface area is 175 Å². The topological polar surface area (TPSA) is 62.7 Å². The molecule has 5 rings (SSSR count). The monoisotopic (exact) mass is 424 g/mol. The highest BCUT2D eigenvalue weighted by Crippen LogP contribution is 2.48. The number of amides is 1. The molecular formula is C23H19F3N4O. The van der Waals surface area contributed by atoms with Crippen LogP contribution in [0, 0.1) is 23.4 Å². The van der Waals surface area contributed by atoms with Gasteiger partial charge >= 0.3 is 0 Å². The smallest absolute Gasteiger partial charge is 0.228 e. The molecule has 2 N–H and O–H groups in total. The number of nitrogens with one attached hydrogen (secondary N) is 2. The highest BCUT2D eigenvalue weighted by molar-refractivity contribution is 5.95. The molecule has 1 aliphatic rings. The summed E-state index contributed by atoms with van der Waals surface area (Å²) in [6.45, 7) is 0. The lowest BCUT2D eigenvalue weighted by Gasteiger charge is -2.35. The van der Waals surface area contributed by atoms with Gasteiger partial charge in [-0.25, -0.2) is 13.2 Å². The van der Waals surface area contributed by atoms with Gasteiger partial charge in [0.25, 0.3) is 0 Å². The van der Waals surface area contributed by atoms with E-state index in [1.807, 2.05) is 0 Å². The third-order valence-electron chi connectivity index (χ3n) is 5.99. The van der Waals surface area contributed by atoms with Gasteiger partial charge in [-0.05, 0) is 60.2 Å². The van der Waals surface area contributed by atoms with Crippen molar-refractivity contribution >= 4 is 22.6 Å². The summed E-state index contributed by atoms with van der Waals surface area (Å²) in [5.41, 5.74) is 2.26. The third-order valence-corrected chi connectivity index (χ3v) is 5.99. The Hall–Kier alpha value is -3.55. The summed E-state index contributed by atoms with van der Waals surface area (Å²) in [6, 6.07) is 9.71. The Morgan fingerprint density at radius 2 is 1.84 bits per heavy atom. The molecular weight excluding hydrogens is 405 g/mol. The molecule has 0 saturated heterocycles. The number of nitrogens with zero attached hydrogens (tertiary/aromatic N) is 2. The second-order valence-corrected chi connectivity index (χ2v) is 7.93. The van der Waals surface area contributed by atoms with Crippen molar-refractivity contribution in [2.45, 2.75) is 18.8 Å². The number of hydrogen-bond donors (Lipinski definition) is 2. The molecule has 1 amide bonds. The van der Waals surface area contributed by atoms with Gasteiger partial charge in [0.2, 0.25) is 5.91 Å². The molecule has 5 nitrogen and oxygen atoms in total. The maximum atomic E-state index is 14.5. The van der Waals surface area contributed by atoms with Crippen molar-refractivity contribution in [3.8, 4) is 11.3 Å². The Morgan fingerprint density at radius 1 is 1.10 bits per heavy atom. The van der Waals surface area contributed by atoms with Crippen LogP contribution >= 0.6 is 0 Å². The first kappa shape index (κ1) is 19.4. The highest BCUT2D eigenvalue weighted by atomic mass is 19.1. The first-order valence-electron chi connectivity index (χ1n) is 9.96. The summed E-state index contributed by atoms with van der Waals surface area (Å²) in [5, 5.41) is 7.34. The summed E-state index contributed by atoms with van der Waals surface area (Å²) in [4.78, 5) is 15.7. The molecule has 31 heavy (non-hydrogen) atoms. The molecule has 1 fully saturated rings. The number of halogens is 3. The Bertz CT molecular complexity index is 1290. The van der Waals surface area contributed by atoms with E-state index in [9.17, 15) is 18.0 Å². The Morgan fingerprint density at radius 3 is 2.52 bits per heavy atom. The van der Waals surface area contributed by atoms with Crippen LogP contribution < -0.4 is 5.32 Å². The summed E-state index contributed by atoms with van der Waals surface area (Å²) < 4.78 is 43.5. The molecule has 0 atom stereocenters. The number of aromatic nitrogens is 3. The van der Waals surface area contributed by atoms with Crippen LogP contribution in [0.2, 0.25) is 0 Å². The Balaban J connectivity index is 1.48. The molecule has 0 aliphatic heterocycles. The normalized spacial score (nSPS) is 18.2. The molecule has 0 radical (unpaired) electrons. The quantitative estimate of drug-likeness (QED) is 0.478. The van der Waals surface area contributed by atoms with Crippen molar-refractivity contribution in [3.63, 3.8) is 0 Å². The number of aryl methyl sites for hydroxylation is 1. The first-order chi connectivity index (χ1) is 14.9. The van der Waals surface area contributed by atoms with Crippen LogP contribution in [0.3, 0.4) is 0 Å². The summed E-state index contributed by atoms with van der Waals surface area (Å²) in [7, 11) is 1.74. The third kappa shape index (κ3) is 3.37. The van der Waals surface area contributed by atoms with Gasteiger partial charge in [0.1, 0.15) is 23.3 Å². The van der Waals surface area contributed by atoms with Crippen LogP contribution in [0.5, 0.6) is 0 Å². The lowest BCUT2D eigenvalue weighted by molar-refractivity contribution is -0.122.